The van der Waals surface area contributed by atoms with Gasteiger partial charge in [0.05, 0.1) is 6.54 Å². The standard InChI is InChI=1S/C58H66N10O9/c59-27-13-12-22-46-52(69)64-47(30-38-23-25-42(26-24-38)76-36-39-16-6-2-7-17-39)53(70)66-49(31-37-14-4-1-5-15-37)57(74)68-35-43(77-58(75)61-29-28-60)33-50(68)55(72)67-51(40-18-8-3-9-19-40)56(73)65-48(54(71)63-46)32-41-34-62-45-21-11-10-20-44(41)45/h1-11,14-21,23-26,34,43,46-51,62H,12-13,22,27-33,35-36,59-60H2,(H,61,75)(H,63,71)(H,64,69)(H,65,73)(H,66,70)(H,67,72)/t43-,46?,47+,48+,49?,50?,51+/m1/s1. The Hall–Kier alpha value is -8.55. The zero-order valence-corrected chi connectivity index (χ0v) is 42.7. The molecule has 2 fully saturated rings. The Kier molecular flexibility index (Phi) is 19.0. The number of benzene rings is 5. The van der Waals surface area contributed by atoms with E-state index in [1.54, 1.807) is 85.1 Å². The number of para-hydroxylation sites is 1. The first-order chi connectivity index (χ1) is 37.5. The van der Waals surface area contributed by atoms with E-state index in [2.05, 4.69) is 36.9 Å². The minimum atomic E-state index is -1.42. The maximum atomic E-state index is 15.3. The van der Waals surface area contributed by atoms with Gasteiger partial charge in [0.1, 0.15) is 54.7 Å². The van der Waals surface area contributed by atoms with Crippen LogP contribution in [0.25, 0.3) is 10.9 Å². The molecule has 2 aliphatic rings. The maximum Gasteiger partial charge on any atom is 0.407 e. The molecule has 2 aliphatic heterocycles. The fraction of sp³-hybridized carbons (Fsp3) is 0.328. The highest BCUT2D eigenvalue weighted by atomic mass is 16.6. The topological polar surface area (TPSA) is 281 Å². The van der Waals surface area contributed by atoms with Crippen molar-refractivity contribution in [3.8, 4) is 5.75 Å². The van der Waals surface area contributed by atoms with Crippen molar-refractivity contribution < 1.29 is 43.0 Å². The molecule has 11 N–H and O–H groups in total. The second-order valence-corrected chi connectivity index (χ2v) is 19.2. The number of nitrogens with one attached hydrogen (secondary N) is 7. The number of hydrogen-bond acceptors (Lipinski definition) is 11. The molecule has 3 heterocycles. The summed E-state index contributed by atoms with van der Waals surface area (Å²) >= 11 is 0. The number of H-pyrrole nitrogens is 1. The van der Waals surface area contributed by atoms with Crippen LogP contribution in [0.2, 0.25) is 0 Å². The van der Waals surface area contributed by atoms with E-state index in [0.717, 1.165) is 16.5 Å². The van der Waals surface area contributed by atoms with Crippen LogP contribution in [0.15, 0.2) is 146 Å². The highest BCUT2D eigenvalue weighted by molar-refractivity contribution is 5.99. The average Bonchev–Trinajstić information content (AvgIpc) is 4.08. The Labute approximate surface area is 446 Å². The van der Waals surface area contributed by atoms with Crippen LogP contribution in [0, 0.1) is 0 Å². The highest BCUT2D eigenvalue weighted by Gasteiger charge is 2.45. The number of hydrogen-bond donors (Lipinski definition) is 9. The number of carbonyl (C=O) groups excluding carboxylic acids is 7. The molecule has 77 heavy (non-hydrogen) atoms. The first-order valence-corrected chi connectivity index (χ1v) is 26.0. The Balaban J connectivity index is 1.19. The lowest BCUT2D eigenvalue weighted by atomic mass is 9.99. The van der Waals surface area contributed by atoms with E-state index >= 15 is 9.59 Å². The molecule has 0 bridgehead atoms. The monoisotopic (exact) mass is 1050 g/mol. The predicted octanol–water partition coefficient (Wildman–Crippen LogP) is 3.37. The van der Waals surface area contributed by atoms with Gasteiger partial charge >= 0.3 is 6.09 Å². The van der Waals surface area contributed by atoms with Gasteiger partial charge in [-0.05, 0) is 71.8 Å². The van der Waals surface area contributed by atoms with Gasteiger partial charge in [0, 0.05) is 55.9 Å². The van der Waals surface area contributed by atoms with Crippen molar-refractivity contribution in [2.24, 2.45) is 11.5 Å². The summed E-state index contributed by atoms with van der Waals surface area (Å²) in [5, 5.41) is 17.9. The van der Waals surface area contributed by atoms with Gasteiger partial charge in [0.15, 0.2) is 0 Å². The van der Waals surface area contributed by atoms with Crippen molar-refractivity contribution in [2.75, 3.05) is 26.2 Å². The molecule has 0 saturated carbocycles. The summed E-state index contributed by atoms with van der Waals surface area (Å²) < 4.78 is 11.8. The molecule has 0 aliphatic carbocycles. The number of rotatable bonds is 17. The van der Waals surface area contributed by atoms with Crippen LogP contribution in [0.3, 0.4) is 0 Å². The molecule has 19 nitrogen and oxygen atoms in total. The van der Waals surface area contributed by atoms with E-state index in [-0.39, 0.29) is 51.7 Å². The minimum Gasteiger partial charge on any atom is -0.489 e. The van der Waals surface area contributed by atoms with E-state index in [1.807, 2.05) is 60.7 Å². The lowest BCUT2D eigenvalue weighted by Crippen LogP contribution is -2.61. The second-order valence-electron chi connectivity index (χ2n) is 19.2. The molecule has 3 unspecified atom stereocenters. The number of ether oxygens (including phenoxy) is 2. The Morgan fingerprint density at radius 1 is 0.584 bits per heavy atom. The van der Waals surface area contributed by atoms with Crippen LogP contribution >= 0.6 is 0 Å². The summed E-state index contributed by atoms with van der Waals surface area (Å²) in [5.74, 6) is -3.76. The summed E-state index contributed by atoms with van der Waals surface area (Å²) in [4.78, 5) is 107. The molecular formula is C58H66N10O9. The molecule has 5 aromatic carbocycles. The number of amides is 7. The van der Waals surface area contributed by atoms with Crippen molar-refractivity contribution in [1.82, 2.24) is 41.8 Å². The molecule has 6 aromatic rings. The highest BCUT2D eigenvalue weighted by Crippen LogP contribution is 2.26. The third kappa shape index (κ3) is 14.9. The van der Waals surface area contributed by atoms with Crippen LogP contribution < -0.4 is 48.1 Å². The number of unbranched alkanes of at least 4 members (excludes halogenated alkanes) is 1. The van der Waals surface area contributed by atoms with Crippen LogP contribution in [0.1, 0.15) is 59.5 Å². The first kappa shape index (κ1) is 54.7. The number of alkyl carbamates (subject to hydrolysis) is 1. The van der Waals surface area contributed by atoms with Gasteiger partial charge in [-0.15, -0.1) is 0 Å². The second kappa shape index (κ2) is 26.8. The Morgan fingerprint density at radius 3 is 1.87 bits per heavy atom. The van der Waals surface area contributed by atoms with Crippen molar-refractivity contribution >= 4 is 52.4 Å². The fourth-order valence-corrected chi connectivity index (χ4v) is 9.65. The van der Waals surface area contributed by atoms with Crippen LogP contribution in [-0.2, 0) is 59.4 Å². The number of aromatic amines is 1. The van der Waals surface area contributed by atoms with Crippen molar-refractivity contribution in [2.45, 2.75) is 93.9 Å². The number of nitrogens with zero attached hydrogens (tertiary/aromatic N) is 1. The van der Waals surface area contributed by atoms with E-state index in [0.29, 0.717) is 54.0 Å². The number of fused-ring (bicyclic) bond motifs is 2. The lowest BCUT2D eigenvalue weighted by molar-refractivity contribution is -0.143. The third-order valence-electron chi connectivity index (χ3n) is 13.7. The average molecular weight is 1050 g/mol. The summed E-state index contributed by atoms with van der Waals surface area (Å²) in [6.07, 6.45) is 0.652. The molecule has 7 amide bonds. The molecule has 0 spiro atoms. The van der Waals surface area contributed by atoms with E-state index in [1.165, 1.54) is 4.90 Å². The zero-order valence-electron chi connectivity index (χ0n) is 42.7. The lowest BCUT2D eigenvalue weighted by Gasteiger charge is -2.32. The predicted molar refractivity (Wildman–Crippen MR) is 288 cm³/mol. The smallest absolute Gasteiger partial charge is 0.407 e. The van der Waals surface area contributed by atoms with Crippen molar-refractivity contribution in [1.29, 1.82) is 0 Å². The summed E-state index contributed by atoms with van der Waals surface area (Å²) in [6, 6.07) is 33.6. The van der Waals surface area contributed by atoms with Gasteiger partial charge in [-0.3, -0.25) is 28.8 Å². The van der Waals surface area contributed by atoms with E-state index in [9.17, 15) is 24.0 Å². The van der Waals surface area contributed by atoms with E-state index < -0.39 is 83.9 Å². The quantitative estimate of drug-likeness (QED) is 0.0598. The third-order valence-corrected chi connectivity index (χ3v) is 13.7. The van der Waals surface area contributed by atoms with Gasteiger partial charge in [-0.2, -0.15) is 0 Å². The Bertz CT molecular complexity index is 2960. The van der Waals surface area contributed by atoms with Crippen LogP contribution in [0.5, 0.6) is 5.75 Å². The maximum absolute atomic E-state index is 15.3. The normalized spacial score (nSPS) is 21.6. The molecule has 1 aromatic heterocycles. The molecule has 0 radical (unpaired) electrons. The first-order valence-electron chi connectivity index (χ1n) is 26.0. The molecule has 7 atom stereocenters. The molecule has 2 saturated heterocycles. The number of nitrogens with two attached hydrogens (primary N) is 2. The van der Waals surface area contributed by atoms with Crippen molar-refractivity contribution in [3.05, 3.63) is 174 Å². The summed E-state index contributed by atoms with van der Waals surface area (Å²) in [7, 11) is 0. The van der Waals surface area contributed by atoms with Crippen LogP contribution in [0.4, 0.5) is 4.79 Å². The molecular weight excluding hydrogens is 981 g/mol. The van der Waals surface area contributed by atoms with Gasteiger partial charge in [-0.1, -0.05) is 121 Å². The Morgan fingerprint density at radius 2 is 1.17 bits per heavy atom. The van der Waals surface area contributed by atoms with Crippen LogP contribution in [-0.4, -0.2) is 114 Å². The zero-order chi connectivity index (χ0) is 54.1. The largest absolute Gasteiger partial charge is 0.489 e. The minimum absolute atomic E-state index is 0.0385. The number of aromatic nitrogens is 1. The van der Waals surface area contributed by atoms with Gasteiger partial charge < -0.3 is 62.7 Å². The van der Waals surface area contributed by atoms with Gasteiger partial charge in [0.2, 0.25) is 35.4 Å². The van der Waals surface area contributed by atoms with Gasteiger partial charge in [-0.25, -0.2) is 4.79 Å². The number of carbonyl (C=O) groups is 7. The summed E-state index contributed by atoms with van der Waals surface area (Å²) in [6.45, 7) is 0.617. The molecule has 8 rings (SSSR count). The SMILES string of the molecule is NCCCCC1NC(=O)[C@H](Cc2c[nH]c3ccccc23)NC(=O)[C@H](c2ccccc2)NC(=O)C2C[C@@H](OC(=O)NCCN)CN2C(=O)C(Cc2ccccc2)NC(=O)[C@H](Cc2ccc(OCc3ccccc3)cc2)NC1=O. The van der Waals surface area contributed by atoms with Crippen molar-refractivity contribution in [3.63, 3.8) is 0 Å². The van der Waals surface area contributed by atoms with E-state index in [4.69, 9.17) is 20.9 Å². The molecule has 402 valence electrons. The fourth-order valence-electron chi connectivity index (χ4n) is 9.65. The van der Waals surface area contributed by atoms with Gasteiger partial charge in [0.25, 0.3) is 0 Å². The molecule has 19 heteroatoms. The summed E-state index contributed by atoms with van der Waals surface area (Å²) in [5.41, 5.74) is 15.7.